The van der Waals surface area contributed by atoms with Crippen LogP contribution >= 0.6 is 28.5 Å². The van der Waals surface area contributed by atoms with Crippen molar-refractivity contribution in [2.75, 3.05) is 37.9 Å². The summed E-state index contributed by atoms with van der Waals surface area (Å²) in [6.07, 6.45) is 5.83. The van der Waals surface area contributed by atoms with Gasteiger partial charge in [-0.1, -0.05) is 11.8 Å². The van der Waals surface area contributed by atoms with Crippen LogP contribution in [0.5, 0.6) is 5.75 Å². The lowest BCUT2D eigenvalue weighted by atomic mass is 9.91. The summed E-state index contributed by atoms with van der Waals surface area (Å²) in [5, 5.41) is 2.07. The highest BCUT2D eigenvalue weighted by Gasteiger charge is 2.32. The SMILES string of the molecule is COc1c(N(C)CC2CCCNC2C)c(F)cc2c(=O)c(C(=O)SCCCC(P(O)O)P(O)O)cn(C3CC3)c12. The summed E-state index contributed by atoms with van der Waals surface area (Å²) in [6.45, 7) is 3.73. The molecule has 222 valence electrons. The second kappa shape index (κ2) is 13.7. The topological polar surface area (TPSA) is 144 Å². The highest BCUT2D eigenvalue weighted by molar-refractivity contribution is 8.14. The van der Waals surface area contributed by atoms with E-state index < -0.39 is 38.5 Å². The molecular formula is C26H38FN3O7P2S. The molecule has 2 aliphatic rings. The van der Waals surface area contributed by atoms with Crippen LogP contribution in [0.3, 0.4) is 0 Å². The zero-order valence-corrected chi connectivity index (χ0v) is 25.5. The third-order valence-electron chi connectivity index (χ3n) is 7.75. The number of halogens is 1. The normalized spacial score (nSPS) is 19.7. The number of aromatic nitrogens is 1. The summed E-state index contributed by atoms with van der Waals surface area (Å²) < 4.78 is 23.4. The van der Waals surface area contributed by atoms with E-state index in [1.54, 1.807) is 6.20 Å². The van der Waals surface area contributed by atoms with Crippen molar-refractivity contribution < 1.29 is 33.5 Å². The summed E-state index contributed by atoms with van der Waals surface area (Å²) in [4.78, 5) is 65.9. The van der Waals surface area contributed by atoms with Crippen molar-refractivity contribution in [1.82, 2.24) is 9.88 Å². The number of hydrogen-bond acceptors (Lipinski definition) is 10. The third kappa shape index (κ3) is 6.98. The Balaban J connectivity index is 1.64. The van der Waals surface area contributed by atoms with Crippen molar-refractivity contribution in [2.24, 2.45) is 5.92 Å². The number of fused-ring (bicyclic) bond motifs is 1. The first kappa shape index (κ1) is 31.6. The van der Waals surface area contributed by atoms with Gasteiger partial charge in [-0.3, -0.25) is 9.59 Å². The zero-order valence-electron chi connectivity index (χ0n) is 22.9. The zero-order chi connectivity index (χ0) is 29.1. The maximum absolute atomic E-state index is 15.7. The molecule has 0 radical (unpaired) electrons. The lowest BCUT2D eigenvalue weighted by Gasteiger charge is -2.34. The molecule has 2 unspecified atom stereocenters. The van der Waals surface area contributed by atoms with Gasteiger partial charge in [0.2, 0.25) is 10.5 Å². The number of piperidine rings is 1. The van der Waals surface area contributed by atoms with Gasteiger partial charge in [0.25, 0.3) is 0 Å². The molecule has 1 saturated carbocycles. The Hall–Kier alpha value is -1.36. The lowest BCUT2D eigenvalue weighted by molar-refractivity contribution is 0.108. The van der Waals surface area contributed by atoms with Gasteiger partial charge in [0, 0.05) is 37.6 Å². The van der Waals surface area contributed by atoms with Gasteiger partial charge in [0.1, 0.15) is 5.69 Å². The van der Waals surface area contributed by atoms with Crippen molar-refractivity contribution >= 4 is 50.2 Å². The molecule has 2 heterocycles. The summed E-state index contributed by atoms with van der Waals surface area (Å²) in [6, 6.07) is 1.59. The van der Waals surface area contributed by atoms with Gasteiger partial charge in [-0.05, 0) is 64.0 Å². The van der Waals surface area contributed by atoms with Crippen LogP contribution in [0.15, 0.2) is 17.1 Å². The second-order valence-corrected chi connectivity index (χ2v) is 14.6. The number of thioether (sulfide) groups is 1. The number of hydrogen-bond donors (Lipinski definition) is 5. The van der Waals surface area contributed by atoms with Crippen LogP contribution in [-0.2, 0) is 0 Å². The number of benzene rings is 1. The van der Waals surface area contributed by atoms with Gasteiger partial charge in [-0.2, -0.15) is 0 Å². The van der Waals surface area contributed by atoms with E-state index in [4.69, 9.17) is 4.74 Å². The van der Waals surface area contributed by atoms with Gasteiger partial charge in [-0.15, -0.1) is 0 Å². The van der Waals surface area contributed by atoms with E-state index in [0.717, 1.165) is 44.0 Å². The average Bonchev–Trinajstić information content (AvgIpc) is 3.74. The molecule has 0 amide bonds. The molecule has 1 aromatic heterocycles. The number of anilines is 1. The molecule has 2 atom stereocenters. The summed E-state index contributed by atoms with van der Waals surface area (Å²) in [5.74, 6) is 0.280. The molecule has 1 aliphatic heterocycles. The fourth-order valence-corrected chi connectivity index (χ4v) is 7.78. The first-order chi connectivity index (χ1) is 19.0. The third-order valence-corrected chi connectivity index (χ3v) is 11.5. The molecule has 1 aliphatic carbocycles. The monoisotopic (exact) mass is 617 g/mol. The number of rotatable bonds is 12. The molecule has 5 N–H and O–H groups in total. The molecular weight excluding hydrogens is 579 g/mol. The number of ether oxygens (including phenoxy) is 1. The van der Waals surface area contributed by atoms with Crippen LogP contribution in [0, 0.1) is 11.7 Å². The van der Waals surface area contributed by atoms with Crippen molar-refractivity contribution in [3.05, 3.63) is 33.9 Å². The highest BCUT2D eigenvalue weighted by Crippen LogP contribution is 2.51. The van der Waals surface area contributed by atoms with Crippen LogP contribution in [0.25, 0.3) is 10.9 Å². The highest BCUT2D eigenvalue weighted by atomic mass is 32.2. The van der Waals surface area contributed by atoms with Crippen molar-refractivity contribution in [3.8, 4) is 5.75 Å². The summed E-state index contributed by atoms with van der Waals surface area (Å²) in [7, 11) is -1.71. The predicted octanol–water partition coefficient (Wildman–Crippen LogP) is 3.88. The Morgan fingerprint density at radius 3 is 2.58 bits per heavy atom. The maximum Gasteiger partial charge on any atom is 0.224 e. The van der Waals surface area contributed by atoms with Crippen LogP contribution in [0.4, 0.5) is 10.1 Å². The number of methoxy groups -OCH3 is 1. The fraction of sp³-hybridized carbons (Fsp3) is 0.615. The quantitative estimate of drug-likeness (QED) is 0.176. The van der Waals surface area contributed by atoms with E-state index in [9.17, 15) is 29.2 Å². The Bertz CT molecular complexity index is 1270. The van der Waals surface area contributed by atoms with Crippen molar-refractivity contribution in [3.63, 3.8) is 0 Å². The molecule has 4 rings (SSSR count). The van der Waals surface area contributed by atoms with Crippen molar-refractivity contribution in [2.45, 2.75) is 62.9 Å². The Kier molecular flexibility index (Phi) is 10.8. The number of nitrogens with one attached hydrogen (secondary N) is 1. The number of carbonyl (C=O) groups excluding carboxylic acids is 1. The standard InChI is InChI=1S/C26H38FN3O7P2S/c1-15-16(6-4-10-28-15)13-29(2)23-20(27)12-18-22(25(23)37-3)30(17-8-9-17)14-19(24(18)31)26(32)40-11-5-7-21(38(33)34)39(35)36/h12,14-17,21,28,33-36H,4-11,13H2,1-3H3. The minimum absolute atomic E-state index is 0.0521. The van der Waals surface area contributed by atoms with Gasteiger partial charge in [0.15, 0.2) is 28.3 Å². The van der Waals surface area contributed by atoms with Crippen LogP contribution in [0.2, 0.25) is 0 Å². The number of pyridine rings is 1. The Morgan fingerprint density at radius 1 is 1.27 bits per heavy atom. The summed E-state index contributed by atoms with van der Waals surface area (Å²) >= 11 is 0.897. The first-order valence-corrected chi connectivity index (χ1v) is 17.1. The van der Waals surface area contributed by atoms with Crippen LogP contribution < -0.4 is 20.4 Å². The van der Waals surface area contributed by atoms with Gasteiger partial charge < -0.3 is 39.1 Å². The largest absolute Gasteiger partial charge is 0.492 e. The minimum Gasteiger partial charge on any atom is -0.492 e. The van der Waals surface area contributed by atoms with E-state index >= 15 is 4.39 Å². The molecule has 0 spiro atoms. The van der Waals surface area contributed by atoms with E-state index in [1.165, 1.54) is 13.2 Å². The molecule has 1 saturated heterocycles. The maximum atomic E-state index is 15.7. The van der Waals surface area contributed by atoms with Gasteiger partial charge >= 0.3 is 0 Å². The molecule has 2 aromatic rings. The van der Waals surface area contributed by atoms with E-state index in [-0.39, 0.29) is 34.9 Å². The second-order valence-electron chi connectivity index (χ2n) is 10.6. The Labute approximate surface area is 239 Å². The first-order valence-electron chi connectivity index (χ1n) is 13.5. The molecule has 0 bridgehead atoms. The molecule has 2 fully saturated rings. The van der Waals surface area contributed by atoms with Crippen LogP contribution in [-0.4, -0.2) is 73.7 Å². The van der Waals surface area contributed by atoms with Gasteiger partial charge in [0.05, 0.1) is 29.0 Å². The molecule has 14 heteroatoms. The molecule has 40 heavy (non-hydrogen) atoms. The van der Waals surface area contributed by atoms with Crippen LogP contribution in [0.1, 0.15) is 61.8 Å². The van der Waals surface area contributed by atoms with Gasteiger partial charge in [-0.25, -0.2) is 4.39 Å². The smallest absolute Gasteiger partial charge is 0.224 e. The van der Waals surface area contributed by atoms with E-state index in [1.807, 2.05) is 16.5 Å². The lowest BCUT2D eigenvalue weighted by Crippen LogP contribution is -2.44. The average molecular weight is 618 g/mol. The molecule has 10 nitrogen and oxygen atoms in total. The predicted molar refractivity (Wildman–Crippen MR) is 159 cm³/mol. The fourth-order valence-electron chi connectivity index (χ4n) is 5.41. The van der Waals surface area contributed by atoms with E-state index in [2.05, 4.69) is 12.2 Å². The summed E-state index contributed by atoms with van der Waals surface area (Å²) in [5.41, 5.74) is 0.159. The number of carbonyl (C=O) groups is 1. The van der Waals surface area contributed by atoms with E-state index in [0.29, 0.717) is 36.1 Å². The minimum atomic E-state index is -2.50. The number of nitrogens with zero attached hydrogens (tertiary/aromatic N) is 2. The van der Waals surface area contributed by atoms with Crippen molar-refractivity contribution in [1.29, 1.82) is 0 Å². The Morgan fingerprint density at radius 2 is 1.98 bits per heavy atom. The molecule has 1 aromatic carbocycles.